The summed E-state index contributed by atoms with van der Waals surface area (Å²) in [5.41, 5.74) is -0.563. The molecule has 1 aliphatic rings. The highest BCUT2D eigenvalue weighted by Crippen LogP contribution is 3.04. The van der Waals surface area contributed by atoms with E-state index in [1.165, 1.54) is 12.1 Å². The second kappa shape index (κ2) is 10.5. The van der Waals surface area contributed by atoms with Crippen LogP contribution < -0.4 is 20.1 Å². The Kier molecular flexibility index (Phi) is 7.96. The summed E-state index contributed by atoms with van der Waals surface area (Å²) in [6.45, 7) is 5.27. The van der Waals surface area contributed by atoms with E-state index in [0.29, 0.717) is 0 Å². The SMILES string of the molecule is CC(C)(C)OC(=O)c1ccccc1OC(=O)Oc1ccc(P2(=S)SP(=S)(c3ccc(O)cc3)S2)cc1. The van der Waals surface area contributed by atoms with Gasteiger partial charge in [-0.25, -0.2) is 9.59 Å². The van der Waals surface area contributed by atoms with Crippen molar-refractivity contribution in [2.75, 3.05) is 0 Å². The van der Waals surface area contributed by atoms with Crippen LogP contribution in [0.2, 0.25) is 0 Å². The van der Waals surface area contributed by atoms with Crippen molar-refractivity contribution in [1.29, 1.82) is 0 Å². The number of carbonyl (C=O) groups excluding carboxylic acids is 2. The highest BCUT2D eigenvalue weighted by Gasteiger charge is 2.45. The molecule has 3 aromatic rings. The van der Waals surface area contributed by atoms with Crippen molar-refractivity contribution in [3.63, 3.8) is 0 Å². The molecule has 0 radical (unpaired) electrons. The van der Waals surface area contributed by atoms with Crippen molar-refractivity contribution in [3.05, 3.63) is 78.4 Å². The van der Waals surface area contributed by atoms with Gasteiger partial charge in [-0.15, -0.1) is 0 Å². The zero-order valence-electron chi connectivity index (χ0n) is 19.4. The predicted molar refractivity (Wildman–Crippen MR) is 156 cm³/mol. The molecular formula is C24H22O6P2S4. The molecule has 36 heavy (non-hydrogen) atoms. The van der Waals surface area contributed by atoms with Gasteiger partial charge < -0.3 is 19.3 Å². The summed E-state index contributed by atoms with van der Waals surface area (Å²) in [6.07, 6.45) is -0.975. The molecule has 0 bridgehead atoms. The lowest BCUT2D eigenvalue weighted by Crippen LogP contribution is -2.24. The number of carbonyl (C=O) groups is 2. The first-order valence-electron chi connectivity index (χ1n) is 10.6. The zero-order valence-corrected chi connectivity index (χ0v) is 24.5. The van der Waals surface area contributed by atoms with Crippen LogP contribution in [-0.2, 0) is 28.4 Å². The maximum absolute atomic E-state index is 12.5. The van der Waals surface area contributed by atoms with E-state index in [1.54, 1.807) is 79.2 Å². The Morgan fingerprint density at radius 1 is 0.806 bits per heavy atom. The molecule has 4 rings (SSSR count). The average Bonchev–Trinajstić information content (AvgIpc) is 2.78. The summed E-state index contributed by atoms with van der Waals surface area (Å²) >= 11 is 15.2. The molecule has 0 spiro atoms. The first-order chi connectivity index (χ1) is 16.9. The van der Waals surface area contributed by atoms with Crippen molar-refractivity contribution in [2.45, 2.75) is 26.4 Å². The Balaban J connectivity index is 1.40. The van der Waals surface area contributed by atoms with Crippen LogP contribution in [0.1, 0.15) is 31.1 Å². The molecule has 1 heterocycles. The second-order valence-corrected chi connectivity index (χ2v) is 29.9. The van der Waals surface area contributed by atoms with Gasteiger partial charge in [-0.05, 0) is 81.4 Å². The van der Waals surface area contributed by atoms with E-state index in [1.807, 2.05) is 24.3 Å². The third kappa shape index (κ3) is 6.36. The maximum atomic E-state index is 12.5. The minimum Gasteiger partial charge on any atom is -0.508 e. The Hall–Kier alpha value is -1.80. The number of para-hydroxylation sites is 1. The van der Waals surface area contributed by atoms with Crippen molar-refractivity contribution in [1.82, 2.24) is 0 Å². The van der Waals surface area contributed by atoms with Gasteiger partial charge in [0.2, 0.25) is 0 Å². The number of benzene rings is 3. The molecule has 0 aliphatic carbocycles. The molecule has 0 aromatic heterocycles. The summed E-state index contributed by atoms with van der Waals surface area (Å²) in [4.78, 5) is 24.9. The summed E-state index contributed by atoms with van der Waals surface area (Å²) in [7, 11) is 0. The lowest BCUT2D eigenvalue weighted by Gasteiger charge is -2.40. The largest absolute Gasteiger partial charge is 0.519 e. The minimum atomic E-state index is -1.96. The first kappa shape index (κ1) is 27.2. The molecular weight excluding hydrogens is 574 g/mol. The van der Waals surface area contributed by atoms with Crippen LogP contribution in [0.15, 0.2) is 72.8 Å². The summed E-state index contributed by atoms with van der Waals surface area (Å²) in [6, 6.07) is 20.3. The van der Waals surface area contributed by atoms with E-state index in [-0.39, 0.29) is 22.8 Å². The van der Waals surface area contributed by atoms with Gasteiger partial charge in [0.25, 0.3) is 0 Å². The number of aromatic hydroxyl groups is 1. The summed E-state index contributed by atoms with van der Waals surface area (Å²) < 4.78 is 12.1. The van der Waals surface area contributed by atoms with Crippen molar-refractivity contribution >= 4 is 77.2 Å². The Labute approximate surface area is 227 Å². The monoisotopic (exact) mass is 596 g/mol. The van der Waals surface area contributed by atoms with E-state index in [9.17, 15) is 14.7 Å². The number of hydrogen-bond acceptors (Lipinski definition) is 10. The van der Waals surface area contributed by atoms with Crippen LogP contribution in [0.3, 0.4) is 0 Å². The number of rotatable bonds is 5. The van der Waals surface area contributed by atoms with E-state index in [0.717, 1.165) is 10.6 Å². The van der Waals surface area contributed by atoms with Crippen molar-refractivity contribution in [2.24, 2.45) is 0 Å². The zero-order chi connectivity index (χ0) is 26.1. The van der Waals surface area contributed by atoms with Crippen LogP contribution >= 0.6 is 30.9 Å². The smallest absolute Gasteiger partial charge is 0.508 e. The van der Waals surface area contributed by atoms with Crippen LogP contribution in [-0.4, -0.2) is 22.8 Å². The summed E-state index contributed by atoms with van der Waals surface area (Å²) in [5.74, 6) is -0.0594. The number of hydrogen-bond donors (Lipinski definition) is 1. The minimum absolute atomic E-state index is 0.0473. The molecule has 6 nitrogen and oxygen atoms in total. The maximum Gasteiger partial charge on any atom is 0.519 e. The normalized spacial score (nSPS) is 21.2. The van der Waals surface area contributed by atoms with Gasteiger partial charge in [0.1, 0.15) is 28.4 Å². The molecule has 3 aromatic carbocycles. The number of esters is 1. The third-order valence-electron chi connectivity index (χ3n) is 4.65. The lowest BCUT2D eigenvalue weighted by molar-refractivity contribution is 0.00669. The van der Waals surface area contributed by atoms with E-state index >= 15 is 0 Å². The van der Waals surface area contributed by atoms with Gasteiger partial charge in [-0.2, -0.15) is 0 Å². The topological polar surface area (TPSA) is 82.1 Å². The van der Waals surface area contributed by atoms with E-state index in [2.05, 4.69) is 0 Å². The third-order valence-corrected chi connectivity index (χ3v) is 35.9. The standard InChI is InChI=1S/C24H22O6P2S4/c1-24(2,3)30-22(26)20-6-4-5-7-21(20)29-23(27)28-17-10-14-19(15-11-17)32(34)35-31(33,36-32)18-12-8-16(25)9-13-18/h4-15,25H,1-3H3. The van der Waals surface area contributed by atoms with Gasteiger partial charge in [-0.3, -0.25) is 0 Å². The van der Waals surface area contributed by atoms with Gasteiger partial charge in [0, 0.05) is 10.6 Å². The molecule has 0 amide bonds. The predicted octanol–water partition coefficient (Wildman–Crippen LogP) is 6.98. The molecule has 1 saturated heterocycles. The molecule has 1 N–H and O–H groups in total. The van der Waals surface area contributed by atoms with E-state index in [4.69, 9.17) is 37.8 Å². The molecule has 0 unspecified atom stereocenters. The molecule has 0 saturated carbocycles. The van der Waals surface area contributed by atoms with Gasteiger partial charge in [0.15, 0.2) is 0 Å². The van der Waals surface area contributed by atoms with Crippen LogP contribution in [0.5, 0.6) is 17.2 Å². The van der Waals surface area contributed by atoms with Crippen molar-refractivity contribution in [3.8, 4) is 17.2 Å². The number of phenols is 1. The Morgan fingerprint density at radius 2 is 1.33 bits per heavy atom. The highest BCUT2D eigenvalue weighted by atomic mass is 33.7. The first-order valence-corrected chi connectivity index (χ1v) is 20.3. The molecule has 1 fully saturated rings. The van der Waals surface area contributed by atoms with Crippen LogP contribution in [0, 0.1) is 0 Å². The molecule has 12 heteroatoms. The van der Waals surface area contributed by atoms with Gasteiger partial charge in [0.05, 0.1) is 8.88 Å². The Morgan fingerprint density at radius 3 is 1.89 bits per heavy atom. The van der Waals surface area contributed by atoms with Crippen LogP contribution in [0.4, 0.5) is 4.79 Å². The second-order valence-electron chi connectivity index (χ2n) is 8.62. The van der Waals surface area contributed by atoms with Crippen molar-refractivity contribution < 1.29 is 28.9 Å². The fraction of sp³-hybridized carbons (Fsp3) is 0.167. The van der Waals surface area contributed by atoms with Gasteiger partial charge >= 0.3 is 12.1 Å². The molecule has 0 atom stereocenters. The fourth-order valence-corrected chi connectivity index (χ4v) is 45.3. The lowest BCUT2D eigenvalue weighted by atomic mass is 10.1. The highest BCUT2D eigenvalue weighted by molar-refractivity contribution is 9.48. The molecule has 1 aliphatic heterocycles. The molecule has 188 valence electrons. The number of ether oxygens (including phenoxy) is 3. The van der Waals surface area contributed by atoms with Crippen LogP contribution in [0.25, 0.3) is 0 Å². The summed E-state index contributed by atoms with van der Waals surface area (Å²) in [5, 5.41) is 11.5. The fourth-order valence-electron chi connectivity index (χ4n) is 3.07. The van der Waals surface area contributed by atoms with Gasteiger partial charge in [-0.1, -0.05) is 57.7 Å². The average molecular weight is 597 g/mol. The Bertz CT molecular complexity index is 1390. The quantitative estimate of drug-likeness (QED) is 0.189. The number of phenolic OH excluding ortho intramolecular Hbond substituents is 1. The van der Waals surface area contributed by atoms with E-state index < -0.39 is 26.6 Å².